The van der Waals surface area contributed by atoms with Crippen molar-refractivity contribution in [2.24, 2.45) is 0 Å². The van der Waals surface area contributed by atoms with Gasteiger partial charge in [0.05, 0.1) is 17.7 Å². The molecular weight excluding hydrogens is 522 g/mol. The number of hydrogen-bond acceptors (Lipinski definition) is 5. The summed E-state index contributed by atoms with van der Waals surface area (Å²) in [5.41, 5.74) is 4.07. The maximum absolute atomic E-state index is 14.1. The van der Waals surface area contributed by atoms with Crippen LogP contribution in [0.5, 0.6) is 11.5 Å². The zero-order valence-corrected chi connectivity index (χ0v) is 22.4. The van der Waals surface area contributed by atoms with E-state index in [2.05, 4.69) is 0 Å². The van der Waals surface area contributed by atoms with E-state index >= 15 is 0 Å². The highest BCUT2D eigenvalue weighted by atomic mass is 32.1. The first-order valence-electron chi connectivity index (χ1n) is 12.7. The van der Waals surface area contributed by atoms with Crippen molar-refractivity contribution in [1.29, 1.82) is 0 Å². The van der Waals surface area contributed by atoms with Crippen molar-refractivity contribution in [3.8, 4) is 11.5 Å². The number of ether oxygens (including phenoxy) is 2. The molecule has 0 aliphatic rings. The number of carboxylic acid groups (broad SMARTS) is 1. The third-order valence-electron chi connectivity index (χ3n) is 6.26. The Morgan fingerprint density at radius 1 is 0.725 bits per heavy atom. The molecular formula is C33H27NO5S. The Hall–Kier alpha value is -4.88. The molecule has 6 nitrogen and oxygen atoms in total. The maximum atomic E-state index is 14.1. The molecule has 0 unspecified atom stereocenters. The van der Waals surface area contributed by atoms with Gasteiger partial charge in [-0.05, 0) is 69.9 Å². The van der Waals surface area contributed by atoms with E-state index in [1.807, 2.05) is 77.5 Å². The SMILES string of the molecule is O=C(O)c1ccc(N(Cc2ccsc2)C(=O)c2ccc(OCc3ccccc3)cc2OCc2ccccc2)cc1. The van der Waals surface area contributed by atoms with Crippen LogP contribution in [0.4, 0.5) is 5.69 Å². The molecule has 1 N–H and O–H groups in total. The van der Waals surface area contributed by atoms with E-state index < -0.39 is 5.97 Å². The Bertz CT molecular complexity index is 1550. The van der Waals surface area contributed by atoms with E-state index in [-0.39, 0.29) is 18.1 Å². The number of nitrogens with zero attached hydrogens (tertiary/aromatic N) is 1. The Balaban J connectivity index is 1.47. The summed E-state index contributed by atoms with van der Waals surface area (Å²) in [5, 5.41) is 13.3. The van der Waals surface area contributed by atoms with Gasteiger partial charge in [0.1, 0.15) is 24.7 Å². The van der Waals surface area contributed by atoms with Gasteiger partial charge in [0.15, 0.2) is 0 Å². The molecule has 0 atom stereocenters. The van der Waals surface area contributed by atoms with Gasteiger partial charge in [0, 0.05) is 11.8 Å². The smallest absolute Gasteiger partial charge is 0.335 e. The monoisotopic (exact) mass is 549 g/mol. The molecule has 5 aromatic rings. The molecule has 1 amide bonds. The molecule has 5 rings (SSSR count). The van der Waals surface area contributed by atoms with Gasteiger partial charge < -0.3 is 19.5 Å². The van der Waals surface area contributed by atoms with Crippen LogP contribution in [0, 0.1) is 0 Å². The molecule has 0 fully saturated rings. The van der Waals surface area contributed by atoms with Crippen molar-refractivity contribution < 1.29 is 24.2 Å². The molecule has 0 bridgehead atoms. The van der Waals surface area contributed by atoms with E-state index in [0.717, 1.165) is 16.7 Å². The highest BCUT2D eigenvalue weighted by Gasteiger charge is 2.23. The predicted molar refractivity (Wildman–Crippen MR) is 156 cm³/mol. The molecule has 40 heavy (non-hydrogen) atoms. The van der Waals surface area contributed by atoms with Crippen LogP contribution in [0.25, 0.3) is 0 Å². The van der Waals surface area contributed by atoms with Gasteiger partial charge in [-0.1, -0.05) is 60.7 Å². The van der Waals surface area contributed by atoms with Gasteiger partial charge in [0.2, 0.25) is 0 Å². The van der Waals surface area contributed by atoms with Crippen LogP contribution in [-0.4, -0.2) is 17.0 Å². The first-order chi connectivity index (χ1) is 19.6. The number of benzene rings is 4. The lowest BCUT2D eigenvalue weighted by Crippen LogP contribution is -2.30. The average molecular weight is 550 g/mol. The molecule has 0 saturated carbocycles. The van der Waals surface area contributed by atoms with Crippen LogP contribution < -0.4 is 14.4 Å². The van der Waals surface area contributed by atoms with Gasteiger partial charge in [-0.25, -0.2) is 4.79 Å². The summed E-state index contributed by atoms with van der Waals surface area (Å²) in [6.07, 6.45) is 0. The molecule has 0 aliphatic carbocycles. The summed E-state index contributed by atoms with van der Waals surface area (Å²) in [4.78, 5) is 27.1. The predicted octanol–water partition coefficient (Wildman–Crippen LogP) is 7.45. The molecule has 4 aromatic carbocycles. The van der Waals surface area contributed by atoms with Crippen molar-refractivity contribution >= 4 is 28.9 Å². The van der Waals surface area contributed by atoms with Gasteiger partial charge in [0.25, 0.3) is 5.91 Å². The molecule has 1 aromatic heterocycles. The molecule has 0 spiro atoms. The number of anilines is 1. The zero-order valence-electron chi connectivity index (χ0n) is 21.6. The minimum Gasteiger partial charge on any atom is -0.489 e. The largest absolute Gasteiger partial charge is 0.489 e. The Labute approximate surface area is 236 Å². The number of hydrogen-bond donors (Lipinski definition) is 1. The van der Waals surface area contributed by atoms with E-state index in [1.165, 1.54) is 12.1 Å². The third kappa shape index (κ3) is 6.76. The summed E-state index contributed by atoms with van der Waals surface area (Å²) < 4.78 is 12.2. The maximum Gasteiger partial charge on any atom is 0.335 e. The fourth-order valence-corrected chi connectivity index (χ4v) is 4.80. The van der Waals surface area contributed by atoms with Gasteiger partial charge in [-0.15, -0.1) is 0 Å². The molecule has 0 radical (unpaired) electrons. The first-order valence-corrected chi connectivity index (χ1v) is 13.6. The molecule has 1 heterocycles. The number of rotatable bonds is 11. The summed E-state index contributed by atoms with van der Waals surface area (Å²) in [7, 11) is 0. The summed E-state index contributed by atoms with van der Waals surface area (Å²) in [6.45, 7) is 0.979. The quantitative estimate of drug-likeness (QED) is 0.185. The molecule has 7 heteroatoms. The average Bonchev–Trinajstić information content (AvgIpc) is 3.52. The van der Waals surface area contributed by atoms with Gasteiger partial charge in [-0.2, -0.15) is 11.3 Å². The lowest BCUT2D eigenvalue weighted by Gasteiger charge is -2.24. The van der Waals surface area contributed by atoms with Crippen LogP contribution in [0.15, 0.2) is 120 Å². The fourth-order valence-electron chi connectivity index (χ4n) is 4.14. The van der Waals surface area contributed by atoms with Crippen molar-refractivity contribution in [2.45, 2.75) is 19.8 Å². The molecule has 0 aliphatic heterocycles. The topological polar surface area (TPSA) is 76.1 Å². The van der Waals surface area contributed by atoms with Crippen molar-refractivity contribution in [2.75, 3.05) is 4.90 Å². The van der Waals surface area contributed by atoms with E-state index in [0.29, 0.717) is 35.9 Å². The van der Waals surface area contributed by atoms with E-state index in [1.54, 1.807) is 46.6 Å². The standard InChI is InChI=1S/C33H27NO5S/c35-32(34(20-26-17-18-40-23-26)28-13-11-27(12-14-28)33(36)37)30-16-15-29(38-21-24-7-3-1-4-8-24)19-31(30)39-22-25-9-5-2-6-10-25/h1-19,23H,20-22H2,(H,36,37). The highest BCUT2D eigenvalue weighted by Crippen LogP contribution is 2.30. The highest BCUT2D eigenvalue weighted by molar-refractivity contribution is 7.07. The van der Waals surface area contributed by atoms with Crippen LogP contribution in [0.1, 0.15) is 37.4 Å². The third-order valence-corrected chi connectivity index (χ3v) is 6.99. The first kappa shape index (κ1) is 26.7. The minimum absolute atomic E-state index is 0.151. The van der Waals surface area contributed by atoms with Crippen LogP contribution in [0.2, 0.25) is 0 Å². The number of aromatic carboxylic acids is 1. The van der Waals surface area contributed by atoms with Crippen molar-refractivity contribution in [3.05, 3.63) is 148 Å². The number of carbonyl (C=O) groups excluding carboxylic acids is 1. The summed E-state index contributed by atoms with van der Waals surface area (Å²) in [5.74, 6) is -0.313. The second kappa shape index (κ2) is 12.8. The Kier molecular flexibility index (Phi) is 8.53. The van der Waals surface area contributed by atoms with Gasteiger partial charge in [-0.3, -0.25) is 4.79 Å². The zero-order chi connectivity index (χ0) is 27.7. The number of carboxylic acids is 1. The number of carbonyl (C=O) groups is 2. The van der Waals surface area contributed by atoms with Crippen LogP contribution in [-0.2, 0) is 19.8 Å². The van der Waals surface area contributed by atoms with Crippen LogP contribution in [0.3, 0.4) is 0 Å². The van der Waals surface area contributed by atoms with Crippen molar-refractivity contribution in [3.63, 3.8) is 0 Å². The normalized spacial score (nSPS) is 10.6. The molecule has 200 valence electrons. The molecule has 0 saturated heterocycles. The Morgan fingerprint density at radius 3 is 1.98 bits per heavy atom. The van der Waals surface area contributed by atoms with Gasteiger partial charge >= 0.3 is 5.97 Å². The Morgan fingerprint density at radius 2 is 1.38 bits per heavy atom. The minimum atomic E-state index is -1.02. The summed E-state index contributed by atoms with van der Waals surface area (Å²) in [6, 6.07) is 33.1. The number of thiophene rings is 1. The van der Waals surface area contributed by atoms with Crippen molar-refractivity contribution in [1.82, 2.24) is 0 Å². The fraction of sp³-hybridized carbons (Fsp3) is 0.0909. The second-order valence-corrected chi connectivity index (χ2v) is 9.86. The van der Waals surface area contributed by atoms with E-state index in [9.17, 15) is 14.7 Å². The summed E-state index contributed by atoms with van der Waals surface area (Å²) >= 11 is 1.55. The van der Waals surface area contributed by atoms with E-state index in [4.69, 9.17) is 9.47 Å². The second-order valence-electron chi connectivity index (χ2n) is 9.08. The lowest BCUT2D eigenvalue weighted by molar-refractivity contribution is 0.0696. The van der Waals surface area contributed by atoms with Crippen LogP contribution >= 0.6 is 11.3 Å². The number of amides is 1. The lowest BCUT2D eigenvalue weighted by atomic mass is 10.1.